The van der Waals surface area contributed by atoms with Crippen LogP contribution in [0.4, 0.5) is 0 Å². The van der Waals surface area contributed by atoms with Gasteiger partial charge in [0.1, 0.15) is 0 Å². The fourth-order valence-electron chi connectivity index (χ4n) is 5.07. The highest BCUT2D eigenvalue weighted by Gasteiger charge is 2.27. The van der Waals surface area contributed by atoms with Gasteiger partial charge in [-0.3, -0.25) is 28.5 Å². The van der Waals surface area contributed by atoms with Crippen LogP contribution in [0.1, 0.15) is 17.2 Å². The molecule has 5 rings (SSSR count). The van der Waals surface area contributed by atoms with Crippen LogP contribution in [0.25, 0.3) is 11.2 Å². The highest BCUT2D eigenvalue weighted by atomic mass is 35.5. The number of piperazine rings is 1. The van der Waals surface area contributed by atoms with Crippen LogP contribution < -0.4 is 11.2 Å². The van der Waals surface area contributed by atoms with Gasteiger partial charge >= 0.3 is 5.69 Å². The standard InChI is InChI=1S/C27H30N6O3.2ClH/c1-29-25-24(26(35)30(2)27(29)36)33(19-28-25)18-22(34)17-31-13-15-32(16-14-31)23(20-9-5-3-6-10-20)21-11-7-4-8-12-21;;/h3-12,19,23H,13-18H2,1-2H3;2*1H. The van der Waals surface area contributed by atoms with E-state index in [1.54, 1.807) is 11.6 Å². The van der Waals surface area contributed by atoms with E-state index in [0.29, 0.717) is 6.54 Å². The van der Waals surface area contributed by atoms with E-state index in [2.05, 4.69) is 63.3 Å². The monoisotopic (exact) mass is 558 g/mol. The van der Waals surface area contributed by atoms with Gasteiger partial charge in [-0.05, 0) is 11.1 Å². The molecule has 11 heteroatoms. The Balaban J connectivity index is 0.00000200. The molecule has 2 aromatic carbocycles. The van der Waals surface area contributed by atoms with Gasteiger partial charge in [0.25, 0.3) is 5.56 Å². The van der Waals surface area contributed by atoms with Crippen LogP contribution in [0, 0.1) is 0 Å². The van der Waals surface area contributed by atoms with Gasteiger partial charge in [0.05, 0.1) is 25.5 Å². The number of Topliss-reactive ketones (excluding diaryl/α,β-unsaturated/α-hetero) is 1. The molecule has 0 saturated carbocycles. The molecule has 1 saturated heterocycles. The average molecular weight is 559 g/mol. The van der Waals surface area contributed by atoms with Crippen molar-refractivity contribution in [1.82, 2.24) is 28.5 Å². The molecule has 1 aliphatic heterocycles. The van der Waals surface area contributed by atoms with E-state index in [9.17, 15) is 14.4 Å². The quantitative estimate of drug-likeness (QED) is 0.346. The van der Waals surface area contributed by atoms with Crippen LogP contribution in [-0.4, -0.2) is 67.0 Å². The average Bonchev–Trinajstić information content (AvgIpc) is 3.32. The summed E-state index contributed by atoms with van der Waals surface area (Å²) < 4.78 is 3.92. The van der Waals surface area contributed by atoms with Crippen molar-refractivity contribution in [2.24, 2.45) is 14.1 Å². The number of hydrogen-bond acceptors (Lipinski definition) is 6. The Labute approximate surface area is 233 Å². The van der Waals surface area contributed by atoms with E-state index in [1.165, 1.54) is 29.1 Å². The first-order valence-corrected chi connectivity index (χ1v) is 12.1. The molecule has 4 aromatic rings. The number of halogens is 2. The lowest BCUT2D eigenvalue weighted by molar-refractivity contribution is -0.121. The molecule has 0 radical (unpaired) electrons. The number of carbonyl (C=O) groups is 1. The zero-order valence-corrected chi connectivity index (χ0v) is 23.0. The van der Waals surface area contributed by atoms with Crippen molar-refractivity contribution in [2.45, 2.75) is 12.6 Å². The lowest BCUT2D eigenvalue weighted by Crippen LogP contribution is -2.49. The molecular formula is C27H32Cl2N6O3. The lowest BCUT2D eigenvalue weighted by atomic mass is 9.96. The molecule has 0 atom stereocenters. The minimum Gasteiger partial charge on any atom is -0.317 e. The van der Waals surface area contributed by atoms with Crippen LogP contribution in [-0.2, 0) is 25.4 Å². The summed E-state index contributed by atoms with van der Waals surface area (Å²) in [5.74, 6) is 0.00123. The zero-order chi connectivity index (χ0) is 25.2. The first kappa shape index (κ1) is 29.3. The van der Waals surface area contributed by atoms with Gasteiger partial charge < -0.3 is 4.57 Å². The zero-order valence-electron chi connectivity index (χ0n) is 21.4. The summed E-state index contributed by atoms with van der Waals surface area (Å²) in [7, 11) is 3.00. The molecule has 0 aliphatic carbocycles. The van der Waals surface area contributed by atoms with Crippen LogP contribution in [0.2, 0.25) is 0 Å². The van der Waals surface area contributed by atoms with Crippen molar-refractivity contribution in [3.05, 3.63) is 99.0 Å². The Hall–Kier alpha value is -3.24. The van der Waals surface area contributed by atoms with Gasteiger partial charge in [-0.15, -0.1) is 24.8 Å². The van der Waals surface area contributed by atoms with Crippen LogP contribution in [0.3, 0.4) is 0 Å². The van der Waals surface area contributed by atoms with Gasteiger partial charge in [-0.25, -0.2) is 9.78 Å². The summed E-state index contributed by atoms with van der Waals surface area (Å²) >= 11 is 0. The maximum absolute atomic E-state index is 12.9. The maximum atomic E-state index is 12.9. The fourth-order valence-corrected chi connectivity index (χ4v) is 5.07. The Morgan fingerprint density at radius 1 is 0.816 bits per heavy atom. The summed E-state index contributed by atoms with van der Waals surface area (Å²) in [6.07, 6.45) is 1.46. The Morgan fingerprint density at radius 3 is 1.92 bits per heavy atom. The second kappa shape index (κ2) is 12.5. The number of fused-ring (bicyclic) bond motifs is 1. The van der Waals surface area contributed by atoms with Crippen molar-refractivity contribution >= 4 is 41.8 Å². The molecule has 2 aromatic heterocycles. The number of aromatic nitrogens is 4. The molecule has 1 aliphatic rings. The third kappa shape index (κ3) is 5.76. The summed E-state index contributed by atoms with van der Waals surface area (Å²) in [5, 5.41) is 0. The minimum absolute atomic E-state index is 0. The van der Waals surface area contributed by atoms with Crippen molar-refractivity contribution in [1.29, 1.82) is 0 Å². The van der Waals surface area contributed by atoms with Crippen molar-refractivity contribution in [3.8, 4) is 0 Å². The van der Waals surface area contributed by atoms with Gasteiger partial charge in [0, 0.05) is 40.3 Å². The molecule has 1 fully saturated rings. The highest BCUT2D eigenvalue weighted by Crippen LogP contribution is 2.29. The molecule has 0 bridgehead atoms. The maximum Gasteiger partial charge on any atom is 0.332 e. The summed E-state index contributed by atoms with van der Waals surface area (Å²) in [4.78, 5) is 46.6. The third-order valence-corrected chi connectivity index (χ3v) is 6.97. The van der Waals surface area contributed by atoms with Gasteiger partial charge in [-0.1, -0.05) is 60.7 Å². The molecule has 0 N–H and O–H groups in total. The summed E-state index contributed by atoms with van der Waals surface area (Å²) in [6, 6.07) is 21.2. The van der Waals surface area contributed by atoms with Crippen LogP contribution in [0.5, 0.6) is 0 Å². The minimum atomic E-state index is -0.445. The SMILES string of the molecule is Cl.Cl.Cn1c(=O)c2c(ncn2CC(=O)CN2CCN(C(c3ccccc3)c3ccccc3)CC2)n(C)c1=O. The molecule has 0 spiro atoms. The molecule has 0 unspecified atom stereocenters. The lowest BCUT2D eigenvalue weighted by Gasteiger charge is -2.39. The number of benzene rings is 2. The smallest absolute Gasteiger partial charge is 0.317 e. The third-order valence-electron chi connectivity index (χ3n) is 6.97. The Morgan fingerprint density at radius 2 is 1.37 bits per heavy atom. The number of aryl methyl sites for hydroxylation is 1. The number of imidazole rings is 1. The molecule has 3 heterocycles. The summed E-state index contributed by atoms with van der Waals surface area (Å²) in [6.45, 7) is 3.60. The van der Waals surface area contributed by atoms with Crippen LogP contribution in [0.15, 0.2) is 76.6 Å². The number of nitrogens with zero attached hydrogens (tertiary/aromatic N) is 6. The van der Waals surface area contributed by atoms with E-state index in [4.69, 9.17) is 0 Å². The fraction of sp³-hybridized carbons (Fsp3) is 0.333. The number of hydrogen-bond donors (Lipinski definition) is 0. The largest absolute Gasteiger partial charge is 0.332 e. The van der Waals surface area contributed by atoms with Crippen molar-refractivity contribution in [2.75, 3.05) is 32.7 Å². The second-order valence-electron chi connectivity index (χ2n) is 9.33. The predicted molar refractivity (Wildman–Crippen MR) is 152 cm³/mol. The van der Waals surface area contributed by atoms with Gasteiger partial charge in [0.15, 0.2) is 16.9 Å². The van der Waals surface area contributed by atoms with E-state index >= 15 is 0 Å². The van der Waals surface area contributed by atoms with E-state index in [0.717, 1.165) is 30.7 Å². The van der Waals surface area contributed by atoms with Crippen LogP contribution >= 0.6 is 24.8 Å². The number of ketones is 1. The van der Waals surface area contributed by atoms with Crippen molar-refractivity contribution in [3.63, 3.8) is 0 Å². The Kier molecular flexibility index (Phi) is 9.67. The highest BCUT2D eigenvalue weighted by molar-refractivity contribution is 5.85. The van der Waals surface area contributed by atoms with Crippen molar-refractivity contribution < 1.29 is 4.79 Å². The summed E-state index contributed by atoms with van der Waals surface area (Å²) in [5.41, 5.74) is 2.20. The van der Waals surface area contributed by atoms with E-state index in [-0.39, 0.29) is 54.3 Å². The van der Waals surface area contributed by atoms with Gasteiger partial charge in [-0.2, -0.15) is 0 Å². The molecule has 0 amide bonds. The second-order valence-corrected chi connectivity index (χ2v) is 9.33. The van der Waals surface area contributed by atoms with E-state index < -0.39 is 11.2 Å². The predicted octanol–water partition coefficient (Wildman–Crippen LogP) is 2.25. The number of carbonyl (C=O) groups excluding carboxylic acids is 1. The normalized spacial score (nSPS) is 14.3. The first-order valence-electron chi connectivity index (χ1n) is 12.1. The van der Waals surface area contributed by atoms with E-state index in [1.807, 2.05) is 12.1 Å². The molecule has 38 heavy (non-hydrogen) atoms. The first-order chi connectivity index (χ1) is 17.4. The molecule has 9 nitrogen and oxygen atoms in total. The Bertz CT molecular complexity index is 1450. The van der Waals surface area contributed by atoms with Gasteiger partial charge in [0.2, 0.25) is 0 Å². The molecule has 202 valence electrons. The topological polar surface area (TPSA) is 85.4 Å². The molecular weight excluding hydrogens is 527 g/mol. The number of rotatable bonds is 7.